The first kappa shape index (κ1) is 13.1. The molecule has 0 radical (unpaired) electrons. The third-order valence-electron chi connectivity index (χ3n) is 2.88. The van der Waals surface area contributed by atoms with Crippen molar-refractivity contribution in [1.82, 2.24) is 4.98 Å². The first-order valence-electron chi connectivity index (χ1n) is 5.77. The SMILES string of the molecule is O=C(O)c1ccnc(OCC2CCOCC2)c1Cl. The Hall–Kier alpha value is -1.33. The fourth-order valence-electron chi connectivity index (χ4n) is 1.80. The standard InChI is InChI=1S/C12H14ClNO4/c13-10-9(12(15)16)1-4-14-11(10)18-7-8-2-5-17-6-3-8/h1,4,8H,2-3,5-7H2,(H,15,16). The van der Waals surface area contributed by atoms with Crippen molar-refractivity contribution in [1.29, 1.82) is 0 Å². The molecule has 0 spiro atoms. The molecule has 2 rings (SSSR count). The fraction of sp³-hybridized carbons (Fsp3) is 0.500. The minimum atomic E-state index is -1.08. The number of carboxylic acids is 1. The molecule has 0 unspecified atom stereocenters. The molecule has 0 amide bonds. The number of hydrogen-bond acceptors (Lipinski definition) is 4. The molecule has 1 aromatic rings. The largest absolute Gasteiger partial charge is 0.478 e. The number of nitrogens with zero attached hydrogens (tertiary/aromatic N) is 1. The van der Waals surface area contributed by atoms with Crippen LogP contribution in [0.4, 0.5) is 0 Å². The lowest BCUT2D eigenvalue weighted by molar-refractivity contribution is 0.0490. The number of ether oxygens (including phenoxy) is 2. The van der Waals surface area contributed by atoms with Gasteiger partial charge in [-0.05, 0) is 24.8 Å². The van der Waals surface area contributed by atoms with Crippen LogP contribution in [0.15, 0.2) is 12.3 Å². The monoisotopic (exact) mass is 271 g/mol. The Morgan fingerprint density at radius 3 is 2.94 bits per heavy atom. The summed E-state index contributed by atoms with van der Waals surface area (Å²) in [5.41, 5.74) is 0.00800. The summed E-state index contributed by atoms with van der Waals surface area (Å²) in [5.74, 6) is -0.494. The van der Waals surface area contributed by atoms with E-state index in [1.807, 2.05) is 0 Å². The van der Waals surface area contributed by atoms with E-state index in [-0.39, 0.29) is 16.5 Å². The van der Waals surface area contributed by atoms with Gasteiger partial charge in [-0.2, -0.15) is 0 Å². The number of aromatic nitrogens is 1. The Balaban J connectivity index is 2.00. The highest BCUT2D eigenvalue weighted by atomic mass is 35.5. The van der Waals surface area contributed by atoms with Gasteiger partial charge >= 0.3 is 5.97 Å². The lowest BCUT2D eigenvalue weighted by Gasteiger charge is -2.22. The van der Waals surface area contributed by atoms with Gasteiger partial charge in [0.15, 0.2) is 0 Å². The molecule has 0 saturated carbocycles. The summed E-state index contributed by atoms with van der Waals surface area (Å²) >= 11 is 5.93. The van der Waals surface area contributed by atoms with Crippen LogP contribution in [0.2, 0.25) is 5.02 Å². The Bertz CT molecular complexity index is 432. The van der Waals surface area contributed by atoms with Gasteiger partial charge in [0.25, 0.3) is 0 Å². The molecule has 2 heterocycles. The Morgan fingerprint density at radius 2 is 2.28 bits per heavy atom. The molecule has 1 fully saturated rings. The first-order chi connectivity index (χ1) is 8.68. The lowest BCUT2D eigenvalue weighted by Crippen LogP contribution is -2.21. The number of carboxylic acid groups (broad SMARTS) is 1. The molecule has 1 saturated heterocycles. The van der Waals surface area contributed by atoms with Crippen LogP contribution >= 0.6 is 11.6 Å². The minimum Gasteiger partial charge on any atom is -0.478 e. The summed E-state index contributed by atoms with van der Waals surface area (Å²) in [6, 6.07) is 1.35. The van der Waals surface area contributed by atoms with Gasteiger partial charge in [-0.3, -0.25) is 0 Å². The van der Waals surface area contributed by atoms with Crippen LogP contribution in [0.3, 0.4) is 0 Å². The van der Waals surface area contributed by atoms with E-state index in [9.17, 15) is 4.79 Å². The van der Waals surface area contributed by atoms with Gasteiger partial charge < -0.3 is 14.6 Å². The number of carbonyl (C=O) groups is 1. The summed E-state index contributed by atoms with van der Waals surface area (Å²) in [5, 5.41) is 8.98. The Kier molecular flexibility index (Phi) is 4.38. The zero-order valence-electron chi connectivity index (χ0n) is 9.76. The molecule has 0 bridgehead atoms. The molecule has 0 aliphatic carbocycles. The molecule has 1 aliphatic heterocycles. The van der Waals surface area contributed by atoms with E-state index in [2.05, 4.69) is 4.98 Å². The van der Waals surface area contributed by atoms with E-state index in [1.54, 1.807) is 0 Å². The molecule has 1 aliphatic rings. The smallest absolute Gasteiger partial charge is 0.337 e. The third kappa shape index (κ3) is 3.11. The summed E-state index contributed by atoms with van der Waals surface area (Å²) in [6.07, 6.45) is 3.27. The van der Waals surface area contributed by atoms with Gasteiger partial charge in [0.05, 0.1) is 12.2 Å². The highest BCUT2D eigenvalue weighted by molar-refractivity contribution is 6.34. The van der Waals surface area contributed by atoms with Crippen LogP contribution in [-0.4, -0.2) is 35.9 Å². The number of rotatable bonds is 4. The van der Waals surface area contributed by atoms with Crippen molar-refractivity contribution in [3.63, 3.8) is 0 Å². The van der Waals surface area contributed by atoms with Gasteiger partial charge in [0.2, 0.25) is 5.88 Å². The van der Waals surface area contributed by atoms with Gasteiger partial charge in [0, 0.05) is 19.4 Å². The molecule has 0 atom stereocenters. The second-order valence-electron chi connectivity index (χ2n) is 4.15. The maximum atomic E-state index is 10.9. The highest BCUT2D eigenvalue weighted by Crippen LogP contribution is 2.26. The summed E-state index contributed by atoms with van der Waals surface area (Å²) in [4.78, 5) is 14.9. The average Bonchev–Trinajstić information content (AvgIpc) is 2.38. The van der Waals surface area contributed by atoms with Gasteiger partial charge in [-0.25, -0.2) is 9.78 Å². The molecule has 5 nitrogen and oxygen atoms in total. The topological polar surface area (TPSA) is 68.7 Å². The van der Waals surface area contributed by atoms with E-state index in [1.165, 1.54) is 12.3 Å². The molecule has 0 aromatic carbocycles. The molecule has 98 valence electrons. The predicted octanol–water partition coefficient (Wildman–Crippen LogP) is 2.24. The Morgan fingerprint density at radius 1 is 1.56 bits per heavy atom. The summed E-state index contributed by atoms with van der Waals surface area (Å²) < 4.78 is 10.8. The summed E-state index contributed by atoms with van der Waals surface area (Å²) in [7, 11) is 0. The van der Waals surface area contributed by atoms with Crippen LogP contribution in [0.1, 0.15) is 23.2 Å². The Labute approximate surface area is 110 Å². The van der Waals surface area contributed by atoms with Crippen molar-refractivity contribution in [2.45, 2.75) is 12.8 Å². The van der Waals surface area contributed by atoms with E-state index in [4.69, 9.17) is 26.2 Å². The highest BCUT2D eigenvalue weighted by Gasteiger charge is 2.18. The number of hydrogen-bond donors (Lipinski definition) is 1. The van der Waals surface area contributed by atoms with Gasteiger partial charge in [-0.1, -0.05) is 11.6 Å². The third-order valence-corrected chi connectivity index (χ3v) is 3.25. The number of pyridine rings is 1. The maximum absolute atomic E-state index is 10.9. The van der Waals surface area contributed by atoms with E-state index < -0.39 is 5.97 Å². The maximum Gasteiger partial charge on any atom is 0.337 e. The minimum absolute atomic E-state index is 0.00800. The second kappa shape index (κ2) is 6.02. The number of aromatic carboxylic acids is 1. The average molecular weight is 272 g/mol. The zero-order valence-corrected chi connectivity index (χ0v) is 10.5. The fourth-order valence-corrected chi connectivity index (χ4v) is 2.05. The van der Waals surface area contributed by atoms with Crippen molar-refractivity contribution in [2.75, 3.05) is 19.8 Å². The van der Waals surface area contributed by atoms with Crippen LogP contribution in [0.25, 0.3) is 0 Å². The second-order valence-corrected chi connectivity index (χ2v) is 4.53. The van der Waals surface area contributed by atoms with Crippen molar-refractivity contribution in [3.8, 4) is 5.88 Å². The first-order valence-corrected chi connectivity index (χ1v) is 6.14. The van der Waals surface area contributed by atoms with Gasteiger partial charge in [0.1, 0.15) is 5.02 Å². The van der Waals surface area contributed by atoms with Crippen molar-refractivity contribution in [2.24, 2.45) is 5.92 Å². The van der Waals surface area contributed by atoms with E-state index >= 15 is 0 Å². The summed E-state index contributed by atoms with van der Waals surface area (Å²) in [6.45, 7) is 1.97. The normalized spacial score (nSPS) is 16.5. The van der Waals surface area contributed by atoms with Crippen molar-refractivity contribution >= 4 is 17.6 Å². The molecular weight excluding hydrogens is 258 g/mol. The van der Waals surface area contributed by atoms with Crippen LogP contribution < -0.4 is 4.74 Å². The molecule has 1 aromatic heterocycles. The quantitative estimate of drug-likeness (QED) is 0.909. The number of halogens is 1. The molecule has 1 N–H and O–H groups in total. The predicted molar refractivity (Wildman–Crippen MR) is 65.2 cm³/mol. The molecule has 6 heteroatoms. The van der Waals surface area contributed by atoms with Crippen LogP contribution in [-0.2, 0) is 4.74 Å². The van der Waals surface area contributed by atoms with E-state index in [0.717, 1.165) is 26.1 Å². The molecular formula is C12H14ClNO4. The van der Waals surface area contributed by atoms with Gasteiger partial charge in [-0.15, -0.1) is 0 Å². The van der Waals surface area contributed by atoms with Crippen molar-refractivity contribution in [3.05, 3.63) is 22.8 Å². The zero-order chi connectivity index (χ0) is 13.0. The molecule has 18 heavy (non-hydrogen) atoms. The van der Waals surface area contributed by atoms with Crippen LogP contribution in [0.5, 0.6) is 5.88 Å². The van der Waals surface area contributed by atoms with Crippen molar-refractivity contribution < 1.29 is 19.4 Å². The van der Waals surface area contributed by atoms with E-state index in [0.29, 0.717) is 12.5 Å². The van der Waals surface area contributed by atoms with Crippen LogP contribution in [0, 0.1) is 5.92 Å². The lowest BCUT2D eigenvalue weighted by atomic mass is 10.0.